The van der Waals surface area contributed by atoms with Gasteiger partial charge in [0.15, 0.2) is 0 Å². The number of aliphatic carboxylic acids is 1. The molecule has 0 spiro atoms. The van der Waals surface area contributed by atoms with E-state index in [2.05, 4.69) is 16.0 Å². The molecule has 7 heteroatoms. The Morgan fingerprint density at radius 1 is 1.10 bits per heavy atom. The highest BCUT2D eigenvalue weighted by Gasteiger charge is 2.21. The largest absolute Gasteiger partial charge is 0.480 e. The van der Waals surface area contributed by atoms with Crippen molar-refractivity contribution in [2.75, 3.05) is 13.1 Å². The third-order valence-corrected chi connectivity index (χ3v) is 2.68. The Balaban J connectivity index is 3.98. The molecule has 4 N–H and O–H groups in total. The van der Waals surface area contributed by atoms with E-state index in [1.165, 1.54) is 0 Å². The quantitative estimate of drug-likeness (QED) is 0.521. The van der Waals surface area contributed by atoms with E-state index in [-0.39, 0.29) is 12.5 Å². The van der Waals surface area contributed by atoms with Gasteiger partial charge in [-0.2, -0.15) is 0 Å². The SMILES string of the molecule is CC(C)CCNC(=O)NC(=O)CNC(C(=O)O)C(C)C. The molecule has 0 aliphatic carbocycles. The average Bonchev–Trinajstić information content (AvgIpc) is 2.27. The molecule has 0 heterocycles. The van der Waals surface area contributed by atoms with E-state index in [1.807, 2.05) is 13.8 Å². The van der Waals surface area contributed by atoms with Crippen molar-refractivity contribution < 1.29 is 19.5 Å². The molecule has 0 bridgehead atoms. The van der Waals surface area contributed by atoms with Gasteiger partial charge in [0.25, 0.3) is 0 Å². The van der Waals surface area contributed by atoms with Crippen molar-refractivity contribution in [3.8, 4) is 0 Å². The van der Waals surface area contributed by atoms with Crippen molar-refractivity contribution in [1.82, 2.24) is 16.0 Å². The molecule has 0 aromatic heterocycles. The van der Waals surface area contributed by atoms with Gasteiger partial charge in [-0.3, -0.25) is 20.2 Å². The van der Waals surface area contributed by atoms with Crippen molar-refractivity contribution in [3.63, 3.8) is 0 Å². The Hall–Kier alpha value is -1.63. The minimum Gasteiger partial charge on any atom is -0.480 e. The maximum absolute atomic E-state index is 11.5. The van der Waals surface area contributed by atoms with Gasteiger partial charge in [-0.15, -0.1) is 0 Å². The van der Waals surface area contributed by atoms with Crippen molar-refractivity contribution in [3.05, 3.63) is 0 Å². The van der Waals surface area contributed by atoms with Gasteiger partial charge in [0.2, 0.25) is 5.91 Å². The topological polar surface area (TPSA) is 108 Å². The molecule has 116 valence electrons. The third-order valence-electron chi connectivity index (χ3n) is 2.68. The van der Waals surface area contributed by atoms with Crippen LogP contribution in [0.5, 0.6) is 0 Å². The van der Waals surface area contributed by atoms with Gasteiger partial charge in [-0.05, 0) is 18.3 Å². The fraction of sp³-hybridized carbons (Fsp3) is 0.769. The molecule has 0 aromatic carbocycles. The van der Waals surface area contributed by atoms with Gasteiger partial charge in [0.05, 0.1) is 6.54 Å². The first kappa shape index (κ1) is 18.4. The summed E-state index contributed by atoms with van der Waals surface area (Å²) in [5, 5.41) is 16.2. The molecule has 20 heavy (non-hydrogen) atoms. The van der Waals surface area contributed by atoms with Crippen LogP contribution in [0.4, 0.5) is 4.79 Å². The number of carbonyl (C=O) groups is 3. The second kappa shape index (κ2) is 9.30. The van der Waals surface area contributed by atoms with Gasteiger partial charge in [0.1, 0.15) is 6.04 Å². The van der Waals surface area contributed by atoms with E-state index in [9.17, 15) is 14.4 Å². The summed E-state index contributed by atoms with van der Waals surface area (Å²) >= 11 is 0. The number of carbonyl (C=O) groups excluding carboxylic acids is 2. The van der Waals surface area contributed by atoms with Gasteiger partial charge >= 0.3 is 12.0 Å². The highest BCUT2D eigenvalue weighted by molar-refractivity contribution is 5.95. The van der Waals surface area contributed by atoms with Crippen LogP contribution in [0, 0.1) is 11.8 Å². The van der Waals surface area contributed by atoms with Crippen LogP contribution in [0.25, 0.3) is 0 Å². The number of carboxylic acids is 1. The zero-order valence-corrected chi connectivity index (χ0v) is 12.5. The summed E-state index contributed by atoms with van der Waals surface area (Å²) in [4.78, 5) is 33.7. The summed E-state index contributed by atoms with van der Waals surface area (Å²) < 4.78 is 0. The van der Waals surface area contributed by atoms with Crippen molar-refractivity contribution in [2.45, 2.75) is 40.2 Å². The van der Waals surface area contributed by atoms with Gasteiger partial charge < -0.3 is 10.4 Å². The highest BCUT2D eigenvalue weighted by atomic mass is 16.4. The van der Waals surface area contributed by atoms with E-state index in [1.54, 1.807) is 13.8 Å². The molecule has 0 rings (SSSR count). The Labute approximate surface area is 119 Å². The lowest BCUT2D eigenvalue weighted by atomic mass is 10.1. The molecule has 0 aliphatic heterocycles. The van der Waals surface area contributed by atoms with E-state index >= 15 is 0 Å². The normalized spacial score (nSPS) is 12.3. The summed E-state index contributed by atoms with van der Waals surface area (Å²) in [7, 11) is 0. The molecule has 0 fully saturated rings. The lowest BCUT2D eigenvalue weighted by Crippen LogP contribution is -2.48. The molecule has 1 unspecified atom stereocenters. The second-order valence-electron chi connectivity index (χ2n) is 5.43. The van der Waals surface area contributed by atoms with E-state index in [0.717, 1.165) is 6.42 Å². The number of imide groups is 1. The molecule has 0 saturated heterocycles. The van der Waals surface area contributed by atoms with Crippen molar-refractivity contribution >= 4 is 17.9 Å². The first-order valence-corrected chi connectivity index (χ1v) is 6.77. The first-order chi connectivity index (χ1) is 9.23. The number of hydrogen-bond acceptors (Lipinski definition) is 4. The Kier molecular flexibility index (Phi) is 8.54. The molecule has 7 nitrogen and oxygen atoms in total. The molecule has 0 aliphatic rings. The maximum Gasteiger partial charge on any atom is 0.321 e. The number of urea groups is 1. The van der Waals surface area contributed by atoms with E-state index in [0.29, 0.717) is 12.5 Å². The van der Waals surface area contributed by atoms with Gasteiger partial charge in [0, 0.05) is 6.54 Å². The number of nitrogens with one attached hydrogen (secondary N) is 3. The molecule has 0 aromatic rings. The minimum absolute atomic E-state index is 0.153. The fourth-order valence-electron chi connectivity index (χ4n) is 1.50. The van der Waals surface area contributed by atoms with Crippen LogP contribution in [0.15, 0.2) is 0 Å². The molecule has 0 radical (unpaired) electrons. The third kappa shape index (κ3) is 8.47. The zero-order chi connectivity index (χ0) is 15.7. The minimum atomic E-state index is -1.02. The predicted molar refractivity (Wildman–Crippen MR) is 75.3 cm³/mol. The predicted octanol–water partition coefficient (Wildman–Crippen LogP) is 0.557. The van der Waals surface area contributed by atoms with Gasteiger partial charge in [-0.1, -0.05) is 27.7 Å². The van der Waals surface area contributed by atoms with Crippen LogP contribution in [-0.4, -0.2) is 42.1 Å². The summed E-state index contributed by atoms with van der Waals surface area (Å²) in [5.74, 6) is -1.26. The summed E-state index contributed by atoms with van der Waals surface area (Å²) in [6.07, 6.45) is 0.828. The summed E-state index contributed by atoms with van der Waals surface area (Å²) in [5.41, 5.74) is 0. The van der Waals surface area contributed by atoms with Crippen LogP contribution >= 0.6 is 0 Å². The van der Waals surface area contributed by atoms with Crippen LogP contribution in [0.1, 0.15) is 34.1 Å². The molecular weight excluding hydrogens is 262 g/mol. The van der Waals surface area contributed by atoms with Crippen molar-refractivity contribution in [2.24, 2.45) is 11.8 Å². The number of hydrogen-bond donors (Lipinski definition) is 4. The standard InChI is InChI=1S/C13H25N3O4/c1-8(2)5-6-14-13(20)16-10(17)7-15-11(9(3)4)12(18)19/h8-9,11,15H,5-7H2,1-4H3,(H,18,19)(H2,14,16,17,20). The van der Waals surface area contributed by atoms with Crippen LogP contribution in [0.2, 0.25) is 0 Å². The summed E-state index contributed by atoms with van der Waals surface area (Å²) in [6.45, 7) is 7.82. The average molecular weight is 287 g/mol. The Bertz CT molecular complexity index is 343. The molecule has 1 atom stereocenters. The molecule has 3 amide bonds. The Morgan fingerprint density at radius 2 is 1.70 bits per heavy atom. The molecular formula is C13H25N3O4. The number of carboxylic acid groups (broad SMARTS) is 1. The lowest BCUT2D eigenvalue weighted by molar-refractivity contribution is -0.140. The smallest absolute Gasteiger partial charge is 0.321 e. The van der Waals surface area contributed by atoms with E-state index in [4.69, 9.17) is 5.11 Å². The summed E-state index contributed by atoms with van der Waals surface area (Å²) in [6, 6.07) is -1.38. The Morgan fingerprint density at radius 3 is 2.15 bits per heavy atom. The molecule has 0 saturated carbocycles. The fourth-order valence-corrected chi connectivity index (χ4v) is 1.50. The van der Waals surface area contributed by atoms with E-state index < -0.39 is 23.9 Å². The number of amides is 3. The maximum atomic E-state index is 11.5. The second-order valence-corrected chi connectivity index (χ2v) is 5.43. The highest BCUT2D eigenvalue weighted by Crippen LogP contribution is 2.00. The van der Waals surface area contributed by atoms with Crippen molar-refractivity contribution in [1.29, 1.82) is 0 Å². The lowest BCUT2D eigenvalue weighted by Gasteiger charge is -2.17. The number of rotatable bonds is 8. The zero-order valence-electron chi connectivity index (χ0n) is 12.5. The monoisotopic (exact) mass is 287 g/mol. The first-order valence-electron chi connectivity index (χ1n) is 6.77. The van der Waals surface area contributed by atoms with Crippen LogP contribution < -0.4 is 16.0 Å². The van der Waals surface area contributed by atoms with Crippen LogP contribution in [-0.2, 0) is 9.59 Å². The van der Waals surface area contributed by atoms with Gasteiger partial charge in [-0.25, -0.2) is 4.79 Å². The van der Waals surface area contributed by atoms with Crippen LogP contribution in [0.3, 0.4) is 0 Å².